The fourth-order valence-corrected chi connectivity index (χ4v) is 4.16. The van der Waals surface area contributed by atoms with E-state index in [9.17, 15) is 23.7 Å². The van der Waals surface area contributed by atoms with Gasteiger partial charge >= 0.3 is 5.69 Å². The zero-order valence-electron chi connectivity index (χ0n) is 18.2. The minimum absolute atomic E-state index is 0.141. The molecule has 2 aromatic rings. The summed E-state index contributed by atoms with van der Waals surface area (Å²) in [6.45, 7) is 5.53. The number of nitro groups is 1. The average Bonchev–Trinajstić information content (AvgIpc) is 2.66. The van der Waals surface area contributed by atoms with Crippen molar-refractivity contribution in [1.82, 2.24) is 10.2 Å². The number of aryl methyl sites for hydroxylation is 2. The zero-order chi connectivity index (χ0) is 23.9. The molecule has 0 bridgehead atoms. The Kier molecular flexibility index (Phi) is 6.27. The minimum atomic E-state index is -1.30. The van der Waals surface area contributed by atoms with Gasteiger partial charge in [0, 0.05) is 43.2 Å². The maximum Gasteiger partial charge on any atom is 0.305 e. The third kappa shape index (κ3) is 4.18. The number of rotatable bonds is 4. The van der Waals surface area contributed by atoms with E-state index in [4.69, 9.17) is 12.2 Å². The van der Waals surface area contributed by atoms with Crippen LogP contribution in [0.1, 0.15) is 29.7 Å². The molecule has 32 heavy (non-hydrogen) atoms. The number of carbonyl (C=O) groups is 1. The molecule has 1 N–H and O–H groups in total. The monoisotopic (exact) mass is 460 g/mol. The highest BCUT2D eigenvalue weighted by Crippen LogP contribution is 2.37. The summed E-state index contributed by atoms with van der Waals surface area (Å²) in [5.74, 6) is -2.76. The number of amides is 1. The van der Waals surface area contributed by atoms with Crippen LogP contribution in [0, 0.1) is 35.6 Å². The van der Waals surface area contributed by atoms with Gasteiger partial charge in [0.05, 0.1) is 16.5 Å². The Bertz CT molecular complexity index is 1160. The average molecular weight is 461 g/mol. The van der Waals surface area contributed by atoms with E-state index in [-0.39, 0.29) is 16.2 Å². The lowest BCUT2D eigenvalue weighted by molar-refractivity contribution is -0.387. The second-order valence-corrected chi connectivity index (χ2v) is 8.23. The number of halogens is 2. The Labute approximate surface area is 189 Å². The number of nitrogens with zero attached hydrogens (tertiary/aromatic N) is 3. The van der Waals surface area contributed by atoms with Gasteiger partial charge in [-0.3, -0.25) is 19.8 Å². The Morgan fingerprint density at radius 1 is 1.09 bits per heavy atom. The first-order valence-corrected chi connectivity index (χ1v) is 10.1. The van der Waals surface area contributed by atoms with E-state index in [0.29, 0.717) is 17.5 Å². The predicted molar refractivity (Wildman–Crippen MR) is 121 cm³/mol. The van der Waals surface area contributed by atoms with Crippen LogP contribution in [0.4, 0.5) is 20.2 Å². The van der Waals surface area contributed by atoms with E-state index in [1.165, 1.54) is 19.0 Å². The van der Waals surface area contributed by atoms with Gasteiger partial charge in [-0.1, -0.05) is 6.07 Å². The molecule has 0 aromatic heterocycles. The third-order valence-electron chi connectivity index (χ3n) is 5.16. The van der Waals surface area contributed by atoms with Crippen LogP contribution in [0.3, 0.4) is 0 Å². The Hall–Kier alpha value is -3.40. The minimum Gasteiger partial charge on any atom is -0.351 e. The van der Waals surface area contributed by atoms with Crippen LogP contribution in [0.25, 0.3) is 0 Å². The summed E-state index contributed by atoms with van der Waals surface area (Å²) in [7, 11) is 3.08. The van der Waals surface area contributed by atoms with E-state index >= 15 is 0 Å². The fourth-order valence-electron chi connectivity index (χ4n) is 3.80. The molecule has 3 rings (SSSR count). The topological polar surface area (TPSA) is 78.7 Å². The zero-order valence-corrected chi connectivity index (χ0v) is 19.0. The third-order valence-corrected chi connectivity index (χ3v) is 5.46. The first-order chi connectivity index (χ1) is 14.9. The quantitative estimate of drug-likeness (QED) is 0.417. The summed E-state index contributed by atoms with van der Waals surface area (Å²) in [4.78, 5) is 26.4. The van der Waals surface area contributed by atoms with E-state index in [1.54, 1.807) is 11.8 Å². The van der Waals surface area contributed by atoms with Crippen LogP contribution in [0.15, 0.2) is 41.6 Å². The van der Waals surface area contributed by atoms with E-state index in [0.717, 1.165) is 17.2 Å². The molecular weight excluding hydrogens is 438 g/mol. The van der Waals surface area contributed by atoms with Gasteiger partial charge in [-0.15, -0.1) is 0 Å². The van der Waals surface area contributed by atoms with Crippen molar-refractivity contribution in [2.45, 2.75) is 26.8 Å². The number of likely N-dealkylation sites (N-methyl/N-ethyl adjacent to an activating group) is 1. The molecule has 2 aromatic carbocycles. The van der Waals surface area contributed by atoms with Crippen LogP contribution >= 0.6 is 12.2 Å². The molecule has 0 fully saturated rings. The largest absolute Gasteiger partial charge is 0.351 e. The molecule has 0 saturated carbocycles. The van der Waals surface area contributed by atoms with Crippen molar-refractivity contribution >= 4 is 34.6 Å². The van der Waals surface area contributed by atoms with Crippen LogP contribution in [0.2, 0.25) is 0 Å². The number of nitrogens with one attached hydrogen (secondary N) is 1. The number of carbonyl (C=O) groups excluding carboxylic acids is 1. The van der Waals surface area contributed by atoms with Crippen molar-refractivity contribution in [2.75, 3.05) is 19.0 Å². The summed E-state index contributed by atoms with van der Waals surface area (Å²) in [5, 5.41) is 14.3. The molecule has 1 aliphatic heterocycles. The number of thiocarbonyl (C=S) groups is 1. The number of allylic oxidation sites excluding steroid dienone is 1. The second-order valence-electron chi connectivity index (χ2n) is 7.84. The molecule has 0 saturated heterocycles. The molecule has 1 aliphatic rings. The molecule has 0 aliphatic carbocycles. The summed E-state index contributed by atoms with van der Waals surface area (Å²) >= 11 is 5.53. The lowest BCUT2D eigenvalue weighted by Gasteiger charge is -2.38. The van der Waals surface area contributed by atoms with Crippen LogP contribution < -0.4 is 10.2 Å². The van der Waals surface area contributed by atoms with Crippen molar-refractivity contribution in [2.24, 2.45) is 0 Å². The number of anilines is 1. The maximum absolute atomic E-state index is 14.8. The Morgan fingerprint density at radius 2 is 1.69 bits per heavy atom. The van der Waals surface area contributed by atoms with Gasteiger partial charge < -0.3 is 10.2 Å². The Balaban J connectivity index is 2.26. The lowest BCUT2D eigenvalue weighted by Crippen LogP contribution is -2.49. The van der Waals surface area contributed by atoms with Gasteiger partial charge in [0.2, 0.25) is 5.82 Å². The number of nitro benzene ring substituents is 1. The summed E-state index contributed by atoms with van der Waals surface area (Å²) < 4.78 is 28.7. The van der Waals surface area contributed by atoms with Crippen molar-refractivity contribution in [3.63, 3.8) is 0 Å². The molecular formula is C22H22F2N4O3S. The normalized spacial score (nSPS) is 16.2. The summed E-state index contributed by atoms with van der Waals surface area (Å²) in [6, 6.07) is 5.89. The molecule has 7 nitrogen and oxygen atoms in total. The van der Waals surface area contributed by atoms with Gasteiger partial charge in [0.1, 0.15) is 5.82 Å². The smallest absolute Gasteiger partial charge is 0.305 e. The molecule has 0 radical (unpaired) electrons. The highest BCUT2D eigenvalue weighted by atomic mass is 32.1. The van der Waals surface area contributed by atoms with Crippen LogP contribution in [-0.4, -0.2) is 34.9 Å². The first-order valence-electron chi connectivity index (χ1n) is 9.67. The molecule has 0 spiro atoms. The maximum atomic E-state index is 14.8. The number of benzene rings is 2. The molecule has 10 heteroatoms. The van der Waals surface area contributed by atoms with Crippen molar-refractivity contribution in [3.05, 3.63) is 80.0 Å². The molecule has 1 amide bonds. The summed E-state index contributed by atoms with van der Waals surface area (Å²) in [5.41, 5.74) is 2.13. The van der Waals surface area contributed by atoms with Crippen LogP contribution in [0.5, 0.6) is 0 Å². The number of hydrogen-bond donors (Lipinski definition) is 1. The molecule has 0 unspecified atom stereocenters. The van der Waals surface area contributed by atoms with E-state index in [1.807, 2.05) is 32.0 Å². The summed E-state index contributed by atoms with van der Waals surface area (Å²) in [6.07, 6.45) is 0. The van der Waals surface area contributed by atoms with Crippen molar-refractivity contribution < 1.29 is 18.5 Å². The Morgan fingerprint density at radius 3 is 2.22 bits per heavy atom. The lowest BCUT2D eigenvalue weighted by atomic mass is 9.92. The van der Waals surface area contributed by atoms with Crippen molar-refractivity contribution in [1.29, 1.82) is 0 Å². The predicted octanol–water partition coefficient (Wildman–Crippen LogP) is 4.29. The number of hydrogen-bond acceptors (Lipinski definition) is 4. The van der Waals surface area contributed by atoms with E-state index < -0.39 is 34.2 Å². The fraction of sp³-hybridized carbons (Fsp3) is 0.273. The highest BCUT2D eigenvalue weighted by Gasteiger charge is 2.37. The molecule has 1 atom stereocenters. The van der Waals surface area contributed by atoms with Gasteiger partial charge in [-0.25, -0.2) is 4.39 Å². The SMILES string of the molecule is CC1=C(C(=O)N(C)C)[C@H](c2cc([N+](=O)[O-])c(F)cc2F)NC(=S)N1c1cc(C)cc(C)c1. The molecule has 1 heterocycles. The standard InChI is InChI=1S/C22H22F2N4O3S/c1-11-6-12(2)8-14(7-11)27-13(3)19(21(29)26(4)5)20(25-22(27)32)15-9-18(28(30)31)17(24)10-16(15)23/h6-10,20H,1-5H3,(H,25,32)/t20-/m0/s1. The van der Waals surface area contributed by atoms with Gasteiger partial charge in [0.15, 0.2) is 5.11 Å². The first kappa shape index (κ1) is 23.3. The van der Waals surface area contributed by atoms with Crippen LogP contribution in [-0.2, 0) is 4.79 Å². The van der Waals surface area contributed by atoms with Crippen molar-refractivity contribution in [3.8, 4) is 0 Å². The van der Waals surface area contributed by atoms with Gasteiger partial charge in [-0.05, 0) is 56.2 Å². The second kappa shape index (κ2) is 8.62. The highest BCUT2D eigenvalue weighted by molar-refractivity contribution is 7.80. The van der Waals surface area contributed by atoms with Gasteiger partial charge in [0.25, 0.3) is 5.91 Å². The van der Waals surface area contributed by atoms with E-state index in [2.05, 4.69) is 5.32 Å². The molecule has 168 valence electrons. The van der Waals surface area contributed by atoms with Gasteiger partial charge in [-0.2, -0.15) is 4.39 Å².